The van der Waals surface area contributed by atoms with Crippen LogP contribution in [0, 0.1) is 11.2 Å². The molecular weight excluding hydrogens is 299 g/mol. The first-order valence-electron chi connectivity index (χ1n) is 7.92. The second kappa shape index (κ2) is 7.17. The molecule has 0 bridgehead atoms. The van der Waals surface area contributed by atoms with Gasteiger partial charge in [-0.3, -0.25) is 0 Å². The Morgan fingerprint density at radius 3 is 2.91 bits per heavy atom. The summed E-state index contributed by atoms with van der Waals surface area (Å²) >= 11 is 0. The van der Waals surface area contributed by atoms with Crippen LogP contribution >= 0.6 is 0 Å². The molecule has 1 aromatic rings. The van der Waals surface area contributed by atoms with Crippen LogP contribution in [0.2, 0.25) is 0 Å². The smallest absolute Gasteiger partial charge is 0.315 e. The van der Waals surface area contributed by atoms with Crippen molar-refractivity contribution in [3.8, 4) is 5.75 Å². The normalized spacial score (nSPS) is 19.1. The lowest BCUT2D eigenvalue weighted by molar-refractivity contribution is 0.0649. The zero-order chi connectivity index (χ0) is 17.0. The largest absolute Gasteiger partial charge is 0.493 e. The summed E-state index contributed by atoms with van der Waals surface area (Å²) < 4.78 is 18.9. The lowest BCUT2D eigenvalue weighted by Gasteiger charge is -2.26. The zero-order valence-corrected chi connectivity index (χ0v) is 13.9. The Morgan fingerprint density at radius 1 is 1.48 bits per heavy atom. The van der Waals surface area contributed by atoms with Gasteiger partial charge in [-0.25, -0.2) is 9.18 Å². The molecule has 2 unspecified atom stereocenters. The van der Waals surface area contributed by atoms with Gasteiger partial charge in [-0.05, 0) is 24.3 Å². The molecule has 3 N–H and O–H groups in total. The molecule has 1 heterocycles. The Labute approximate surface area is 136 Å². The number of fused-ring (bicyclic) bond motifs is 1. The van der Waals surface area contributed by atoms with Crippen molar-refractivity contribution >= 4 is 6.03 Å². The fourth-order valence-corrected chi connectivity index (χ4v) is 2.40. The number of benzene rings is 1. The molecule has 6 heteroatoms. The third-order valence-corrected chi connectivity index (χ3v) is 4.01. The standard InChI is InChI=1S/C17H25FN2O3/c1-17(2,3)15(21)10-19-16(22)20-13-5-4-8-23-14-9-11(18)6-7-12(13)14/h6-7,9,13,15,21H,4-5,8,10H2,1-3H3,(H2,19,20,22). The predicted molar refractivity (Wildman–Crippen MR) is 85.9 cm³/mol. The van der Waals surface area contributed by atoms with Crippen molar-refractivity contribution in [2.45, 2.75) is 45.8 Å². The van der Waals surface area contributed by atoms with Crippen LogP contribution in [-0.2, 0) is 0 Å². The maximum Gasteiger partial charge on any atom is 0.315 e. The van der Waals surface area contributed by atoms with Crippen LogP contribution in [0.15, 0.2) is 18.2 Å². The van der Waals surface area contributed by atoms with E-state index in [9.17, 15) is 14.3 Å². The van der Waals surface area contributed by atoms with Gasteiger partial charge in [0.1, 0.15) is 11.6 Å². The minimum atomic E-state index is -0.632. The van der Waals surface area contributed by atoms with E-state index in [2.05, 4.69) is 10.6 Å². The van der Waals surface area contributed by atoms with Crippen molar-refractivity contribution in [2.24, 2.45) is 5.41 Å². The Bertz CT molecular complexity index is 557. The van der Waals surface area contributed by atoms with Crippen LogP contribution in [0.25, 0.3) is 0 Å². The number of amides is 2. The van der Waals surface area contributed by atoms with Gasteiger partial charge in [-0.15, -0.1) is 0 Å². The van der Waals surface area contributed by atoms with E-state index in [1.807, 2.05) is 20.8 Å². The first-order valence-corrected chi connectivity index (χ1v) is 7.92. The highest BCUT2D eigenvalue weighted by Crippen LogP contribution is 2.32. The Kier molecular flexibility index (Phi) is 5.46. The summed E-state index contributed by atoms with van der Waals surface area (Å²) in [6.45, 7) is 6.40. The van der Waals surface area contributed by atoms with E-state index in [-0.39, 0.29) is 29.8 Å². The van der Waals surface area contributed by atoms with Crippen LogP contribution in [0.3, 0.4) is 0 Å². The molecule has 0 saturated heterocycles. The Balaban J connectivity index is 1.98. The van der Waals surface area contributed by atoms with Gasteiger partial charge in [0, 0.05) is 18.2 Å². The summed E-state index contributed by atoms with van der Waals surface area (Å²) in [6, 6.07) is 3.76. The highest BCUT2D eigenvalue weighted by molar-refractivity contribution is 5.74. The lowest BCUT2D eigenvalue weighted by Crippen LogP contribution is -2.44. The van der Waals surface area contributed by atoms with Crippen LogP contribution in [0.1, 0.15) is 45.2 Å². The van der Waals surface area contributed by atoms with E-state index in [0.29, 0.717) is 18.8 Å². The van der Waals surface area contributed by atoms with Crippen molar-refractivity contribution < 1.29 is 19.0 Å². The predicted octanol–water partition coefficient (Wildman–Crippen LogP) is 2.75. The number of nitrogens with one attached hydrogen (secondary N) is 2. The van der Waals surface area contributed by atoms with E-state index >= 15 is 0 Å². The monoisotopic (exact) mass is 324 g/mol. The van der Waals surface area contributed by atoms with Gasteiger partial charge >= 0.3 is 6.03 Å². The zero-order valence-electron chi connectivity index (χ0n) is 13.9. The molecule has 0 saturated carbocycles. The molecule has 2 atom stereocenters. The van der Waals surface area contributed by atoms with Crippen LogP contribution < -0.4 is 15.4 Å². The van der Waals surface area contributed by atoms with E-state index in [4.69, 9.17) is 4.74 Å². The van der Waals surface area contributed by atoms with Gasteiger partial charge in [0.2, 0.25) is 0 Å². The van der Waals surface area contributed by atoms with Gasteiger partial charge in [0.05, 0.1) is 18.8 Å². The van der Waals surface area contributed by atoms with Crippen LogP contribution in [0.5, 0.6) is 5.75 Å². The molecule has 5 nitrogen and oxygen atoms in total. The molecule has 1 aromatic carbocycles. The number of hydrogen-bond donors (Lipinski definition) is 3. The fourth-order valence-electron chi connectivity index (χ4n) is 2.40. The van der Waals surface area contributed by atoms with Gasteiger partial charge in [-0.1, -0.05) is 26.8 Å². The number of carbonyl (C=O) groups is 1. The van der Waals surface area contributed by atoms with E-state index in [0.717, 1.165) is 12.0 Å². The van der Waals surface area contributed by atoms with Crippen LogP contribution in [0.4, 0.5) is 9.18 Å². The number of ether oxygens (including phenoxy) is 1. The molecule has 0 aromatic heterocycles. The third-order valence-electron chi connectivity index (χ3n) is 4.01. The minimum absolute atomic E-state index is 0.175. The van der Waals surface area contributed by atoms with E-state index in [1.54, 1.807) is 6.07 Å². The first kappa shape index (κ1) is 17.5. The minimum Gasteiger partial charge on any atom is -0.493 e. The molecule has 2 amide bonds. The highest BCUT2D eigenvalue weighted by atomic mass is 19.1. The average molecular weight is 324 g/mol. The maximum absolute atomic E-state index is 13.3. The number of rotatable bonds is 3. The number of aliphatic hydroxyl groups is 1. The molecule has 2 rings (SSSR count). The Morgan fingerprint density at radius 2 is 2.22 bits per heavy atom. The number of urea groups is 1. The lowest BCUT2D eigenvalue weighted by atomic mass is 9.89. The molecule has 0 spiro atoms. The Hall–Kier alpha value is -1.82. The van der Waals surface area contributed by atoms with Gasteiger partial charge in [-0.2, -0.15) is 0 Å². The van der Waals surface area contributed by atoms with Crippen molar-refractivity contribution in [1.82, 2.24) is 10.6 Å². The number of hydrogen-bond acceptors (Lipinski definition) is 3. The van der Waals surface area contributed by atoms with E-state index < -0.39 is 6.10 Å². The molecule has 1 aliphatic rings. The summed E-state index contributed by atoms with van der Waals surface area (Å²) in [6.07, 6.45) is 0.854. The molecule has 0 aliphatic carbocycles. The van der Waals surface area contributed by atoms with E-state index in [1.165, 1.54) is 12.1 Å². The van der Waals surface area contributed by atoms with Gasteiger partial charge in [0.25, 0.3) is 0 Å². The third kappa shape index (κ3) is 4.82. The number of aliphatic hydroxyl groups excluding tert-OH is 1. The number of carbonyl (C=O) groups excluding carboxylic acids is 1. The fraction of sp³-hybridized carbons (Fsp3) is 0.588. The molecule has 23 heavy (non-hydrogen) atoms. The maximum atomic E-state index is 13.3. The quantitative estimate of drug-likeness (QED) is 0.800. The van der Waals surface area contributed by atoms with Crippen molar-refractivity contribution in [3.05, 3.63) is 29.6 Å². The van der Waals surface area contributed by atoms with Gasteiger partial charge in [0.15, 0.2) is 0 Å². The molecular formula is C17H25FN2O3. The highest BCUT2D eigenvalue weighted by Gasteiger charge is 2.24. The van der Waals surface area contributed by atoms with Crippen molar-refractivity contribution in [3.63, 3.8) is 0 Å². The molecule has 0 radical (unpaired) electrons. The topological polar surface area (TPSA) is 70.6 Å². The van der Waals surface area contributed by atoms with Gasteiger partial charge < -0.3 is 20.5 Å². The molecule has 0 fully saturated rings. The SMILES string of the molecule is CC(C)(C)C(O)CNC(=O)NC1CCCOc2cc(F)ccc21. The van der Waals surface area contributed by atoms with Crippen molar-refractivity contribution in [1.29, 1.82) is 0 Å². The second-order valence-electron chi connectivity index (χ2n) is 6.96. The second-order valence-corrected chi connectivity index (χ2v) is 6.96. The van der Waals surface area contributed by atoms with Crippen LogP contribution in [-0.4, -0.2) is 30.4 Å². The first-order chi connectivity index (χ1) is 10.8. The molecule has 128 valence electrons. The molecule has 1 aliphatic heterocycles. The summed E-state index contributed by atoms with van der Waals surface area (Å²) in [4.78, 5) is 12.1. The summed E-state index contributed by atoms with van der Waals surface area (Å²) in [5, 5.41) is 15.5. The summed E-state index contributed by atoms with van der Waals surface area (Å²) in [5.41, 5.74) is 0.475. The summed E-state index contributed by atoms with van der Waals surface area (Å²) in [5.74, 6) is 0.115. The average Bonchev–Trinajstić information content (AvgIpc) is 2.65. The summed E-state index contributed by atoms with van der Waals surface area (Å²) in [7, 11) is 0. The van der Waals surface area contributed by atoms with Crippen molar-refractivity contribution in [2.75, 3.05) is 13.2 Å². The number of halogens is 1.